The summed E-state index contributed by atoms with van der Waals surface area (Å²) in [5.74, 6) is 1.68. The average molecular weight is 483 g/mol. The Labute approximate surface area is 206 Å². The molecule has 1 fully saturated rings. The molecule has 1 saturated heterocycles. The Morgan fingerprint density at radius 1 is 1.09 bits per heavy atom. The minimum Gasteiger partial charge on any atom is -0.466 e. The van der Waals surface area contributed by atoms with Crippen LogP contribution in [0, 0.1) is 0 Å². The third-order valence-corrected chi connectivity index (χ3v) is 7.49. The number of carbonyl (C=O) groups excluding carboxylic acids is 1. The zero-order valence-corrected chi connectivity index (χ0v) is 21.4. The molecule has 182 valence electrons. The Bertz CT molecular complexity index is 1080. The van der Waals surface area contributed by atoms with E-state index in [-0.39, 0.29) is 11.7 Å². The number of nitrogens with zero attached hydrogens (tertiary/aromatic N) is 4. The number of fused-ring (bicyclic) bond motifs is 3. The van der Waals surface area contributed by atoms with Crippen LogP contribution in [0.15, 0.2) is 29.4 Å². The fourth-order valence-electron chi connectivity index (χ4n) is 5.33. The van der Waals surface area contributed by atoms with Crippen LogP contribution in [0.3, 0.4) is 0 Å². The van der Waals surface area contributed by atoms with E-state index in [0.29, 0.717) is 26.2 Å². The van der Waals surface area contributed by atoms with Crippen molar-refractivity contribution in [2.24, 2.45) is 0 Å². The average Bonchev–Trinajstić information content (AvgIpc) is 2.82. The number of ether oxygens (including phenoxy) is 2. The lowest BCUT2D eigenvalue weighted by Gasteiger charge is -2.43. The van der Waals surface area contributed by atoms with Gasteiger partial charge in [0.1, 0.15) is 17.0 Å². The molecule has 2 aliphatic heterocycles. The molecule has 34 heavy (non-hydrogen) atoms. The van der Waals surface area contributed by atoms with Crippen LogP contribution in [0.2, 0.25) is 0 Å². The largest absolute Gasteiger partial charge is 0.466 e. The highest BCUT2D eigenvalue weighted by molar-refractivity contribution is 7.98. The third-order valence-electron chi connectivity index (χ3n) is 6.95. The number of rotatable bonds is 2. The maximum Gasteiger partial charge on any atom is 0.410 e. The van der Waals surface area contributed by atoms with Gasteiger partial charge in [-0.15, -0.1) is 0 Å². The van der Waals surface area contributed by atoms with Crippen LogP contribution in [-0.4, -0.2) is 59.0 Å². The summed E-state index contributed by atoms with van der Waals surface area (Å²) in [5, 5.41) is 0.726. The summed E-state index contributed by atoms with van der Waals surface area (Å²) in [7, 11) is 0. The van der Waals surface area contributed by atoms with Gasteiger partial charge in [-0.25, -0.2) is 9.78 Å². The van der Waals surface area contributed by atoms with E-state index in [2.05, 4.69) is 29.2 Å². The Morgan fingerprint density at radius 2 is 1.85 bits per heavy atom. The first-order valence-corrected chi connectivity index (χ1v) is 13.5. The number of benzene rings is 1. The summed E-state index contributed by atoms with van der Waals surface area (Å²) < 4.78 is 12.4. The number of aryl methyl sites for hydroxylation is 1. The molecule has 0 N–H and O–H groups in total. The van der Waals surface area contributed by atoms with Crippen molar-refractivity contribution in [1.29, 1.82) is 0 Å². The van der Waals surface area contributed by atoms with Crippen LogP contribution in [-0.2, 0) is 23.2 Å². The number of piperazine rings is 1. The molecule has 3 aliphatic rings. The SMILES string of the molecule is CSc1nc2c(c(N3CCN(C(=O)OC(C)(C)C)CC3)n1)CCC1(CCCc3ccccc31)O2. The molecule has 1 spiro atoms. The van der Waals surface area contributed by atoms with Gasteiger partial charge >= 0.3 is 6.09 Å². The van der Waals surface area contributed by atoms with Crippen LogP contribution >= 0.6 is 11.8 Å². The van der Waals surface area contributed by atoms with Gasteiger partial charge in [0.15, 0.2) is 5.16 Å². The van der Waals surface area contributed by atoms with Crippen molar-refractivity contribution < 1.29 is 14.3 Å². The number of hydrogen-bond donors (Lipinski definition) is 0. The predicted molar refractivity (Wildman–Crippen MR) is 134 cm³/mol. The Balaban J connectivity index is 1.39. The van der Waals surface area contributed by atoms with E-state index in [9.17, 15) is 4.79 Å². The second-order valence-electron chi connectivity index (χ2n) is 10.4. The number of amides is 1. The molecule has 3 heterocycles. The second kappa shape index (κ2) is 8.95. The van der Waals surface area contributed by atoms with Crippen LogP contribution in [0.1, 0.15) is 56.7 Å². The van der Waals surface area contributed by atoms with Crippen molar-refractivity contribution in [1.82, 2.24) is 14.9 Å². The quantitative estimate of drug-likeness (QED) is 0.449. The number of anilines is 1. The van der Waals surface area contributed by atoms with Crippen molar-refractivity contribution >= 4 is 23.7 Å². The van der Waals surface area contributed by atoms with Gasteiger partial charge in [-0.2, -0.15) is 4.98 Å². The third kappa shape index (κ3) is 4.44. The molecule has 5 rings (SSSR count). The molecule has 1 atom stereocenters. The van der Waals surface area contributed by atoms with Gasteiger partial charge in [0.25, 0.3) is 0 Å². The lowest BCUT2D eigenvalue weighted by atomic mass is 9.75. The standard InChI is InChI=1S/C26H34N4O3S/c1-25(2,3)33-24(31)30-16-14-29(15-17-30)21-19-11-13-26(32-22(19)28-23(27-21)34-4)12-7-9-18-8-5-6-10-20(18)26/h5-6,8,10H,7,9,11-17H2,1-4H3. The van der Waals surface area contributed by atoms with Crippen LogP contribution in [0.5, 0.6) is 5.88 Å². The zero-order valence-electron chi connectivity index (χ0n) is 20.6. The van der Waals surface area contributed by atoms with Crippen molar-refractivity contribution in [3.05, 3.63) is 41.0 Å². The molecule has 1 aromatic carbocycles. The molecular weight excluding hydrogens is 448 g/mol. The number of thioether (sulfide) groups is 1. The van der Waals surface area contributed by atoms with E-state index in [1.54, 1.807) is 4.90 Å². The van der Waals surface area contributed by atoms with Crippen molar-refractivity contribution in [3.63, 3.8) is 0 Å². The zero-order chi connectivity index (χ0) is 23.9. The lowest BCUT2D eigenvalue weighted by molar-refractivity contribution is 0.0187. The maximum absolute atomic E-state index is 12.5. The highest BCUT2D eigenvalue weighted by Gasteiger charge is 2.43. The molecule has 1 amide bonds. The van der Waals surface area contributed by atoms with Gasteiger partial charge in [0, 0.05) is 26.2 Å². The Hall–Kier alpha value is -2.48. The van der Waals surface area contributed by atoms with Gasteiger partial charge in [-0.3, -0.25) is 0 Å². The van der Waals surface area contributed by atoms with E-state index < -0.39 is 5.60 Å². The predicted octanol–water partition coefficient (Wildman–Crippen LogP) is 4.81. The molecule has 1 unspecified atom stereocenters. The summed E-state index contributed by atoms with van der Waals surface area (Å²) in [5.41, 5.74) is 3.03. The van der Waals surface area contributed by atoms with Gasteiger partial charge in [-0.05, 0) is 70.3 Å². The monoisotopic (exact) mass is 482 g/mol. The summed E-state index contributed by atoms with van der Waals surface area (Å²) in [4.78, 5) is 26.3. The lowest BCUT2D eigenvalue weighted by Crippen LogP contribution is -2.50. The fourth-order valence-corrected chi connectivity index (χ4v) is 5.68. The highest BCUT2D eigenvalue weighted by Crippen LogP contribution is 2.47. The van der Waals surface area contributed by atoms with Gasteiger partial charge < -0.3 is 19.3 Å². The van der Waals surface area contributed by atoms with E-state index in [4.69, 9.17) is 19.4 Å². The van der Waals surface area contributed by atoms with Crippen LogP contribution < -0.4 is 9.64 Å². The molecule has 1 aromatic heterocycles. The first kappa shape index (κ1) is 23.3. The van der Waals surface area contributed by atoms with Gasteiger partial charge in [0.05, 0.1) is 5.56 Å². The molecule has 0 saturated carbocycles. The van der Waals surface area contributed by atoms with Crippen LogP contribution in [0.25, 0.3) is 0 Å². The highest BCUT2D eigenvalue weighted by atomic mass is 32.2. The van der Waals surface area contributed by atoms with Crippen molar-refractivity contribution in [3.8, 4) is 5.88 Å². The fraction of sp³-hybridized carbons (Fsp3) is 0.577. The van der Waals surface area contributed by atoms with E-state index >= 15 is 0 Å². The van der Waals surface area contributed by atoms with E-state index in [0.717, 1.165) is 54.5 Å². The number of aromatic nitrogens is 2. The first-order chi connectivity index (χ1) is 16.3. The molecule has 8 heteroatoms. The second-order valence-corrected chi connectivity index (χ2v) is 11.2. The minimum atomic E-state index is -0.488. The smallest absolute Gasteiger partial charge is 0.410 e. The topological polar surface area (TPSA) is 67.8 Å². The van der Waals surface area contributed by atoms with Crippen LogP contribution in [0.4, 0.5) is 10.6 Å². The van der Waals surface area contributed by atoms with Crippen molar-refractivity contribution in [2.75, 3.05) is 37.3 Å². The molecule has 0 bridgehead atoms. The summed E-state index contributed by atoms with van der Waals surface area (Å²) >= 11 is 1.54. The molecule has 7 nitrogen and oxygen atoms in total. The normalized spacial score (nSPS) is 22.1. The molecular formula is C26H34N4O3S. The van der Waals surface area contributed by atoms with Crippen molar-refractivity contribution in [2.45, 2.75) is 69.2 Å². The van der Waals surface area contributed by atoms with E-state index in [1.807, 2.05) is 27.0 Å². The first-order valence-electron chi connectivity index (χ1n) is 12.2. The summed E-state index contributed by atoms with van der Waals surface area (Å²) in [6.07, 6.45) is 6.84. The Kier molecular flexibility index (Phi) is 6.12. The number of carbonyl (C=O) groups is 1. The van der Waals surface area contributed by atoms with Gasteiger partial charge in [-0.1, -0.05) is 36.0 Å². The molecule has 0 radical (unpaired) electrons. The number of hydrogen-bond acceptors (Lipinski definition) is 7. The summed E-state index contributed by atoms with van der Waals surface area (Å²) in [6.45, 7) is 8.34. The molecule has 1 aliphatic carbocycles. The van der Waals surface area contributed by atoms with Gasteiger partial charge in [0.2, 0.25) is 5.88 Å². The maximum atomic E-state index is 12.5. The minimum absolute atomic E-state index is 0.247. The molecule has 2 aromatic rings. The summed E-state index contributed by atoms with van der Waals surface area (Å²) in [6, 6.07) is 8.70. The van der Waals surface area contributed by atoms with E-state index in [1.165, 1.54) is 22.9 Å². The Morgan fingerprint density at radius 3 is 2.59 bits per heavy atom.